The van der Waals surface area contributed by atoms with Gasteiger partial charge in [-0.3, -0.25) is 0 Å². The van der Waals surface area contributed by atoms with Gasteiger partial charge in [0, 0.05) is 42.1 Å². The van der Waals surface area contributed by atoms with Crippen LogP contribution in [0.25, 0.3) is 21.7 Å². The highest BCUT2D eigenvalue weighted by Gasteiger charge is 2.21. The minimum atomic E-state index is -3.69. The summed E-state index contributed by atoms with van der Waals surface area (Å²) in [6.45, 7) is 0. The van der Waals surface area contributed by atoms with E-state index < -0.39 is 10.0 Å². The Morgan fingerprint density at radius 2 is 1.52 bits per heavy atom. The molecular formula is C20H18N2O2S. The lowest BCUT2D eigenvalue weighted by Crippen LogP contribution is -2.13. The van der Waals surface area contributed by atoms with Crippen molar-refractivity contribution in [2.45, 2.75) is 4.90 Å². The lowest BCUT2D eigenvalue weighted by molar-refractivity contribution is 0.590. The van der Waals surface area contributed by atoms with Crippen LogP contribution in [0.5, 0.6) is 0 Å². The van der Waals surface area contributed by atoms with E-state index in [0.717, 1.165) is 21.8 Å². The number of fused-ring (bicyclic) bond motifs is 2. The molecule has 1 aromatic heterocycles. The molecule has 0 aliphatic carbocycles. The predicted molar refractivity (Wildman–Crippen MR) is 103 cm³/mol. The van der Waals surface area contributed by atoms with Gasteiger partial charge in [0.15, 0.2) is 0 Å². The van der Waals surface area contributed by atoms with Gasteiger partial charge in [-0.05, 0) is 24.3 Å². The van der Waals surface area contributed by atoms with Crippen LogP contribution in [0.1, 0.15) is 0 Å². The molecule has 0 spiro atoms. The maximum absolute atomic E-state index is 13.4. The first-order chi connectivity index (χ1) is 12.0. The largest absolute Gasteiger partial charge is 0.377 e. The smallest absolute Gasteiger partial charge is 0.268 e. The Morgan fingerprint density at radius 3 is 2.32 bits per heavy atom. The SMILES string of the molecule is CN(C)c1cccc2c(S(=O)(=O)n3ccc4ccccc43)cccc12. The summed E-state index contributed by atoms with van der Waals surface area (Å²) in [5, 5.41) is 2.55. The first-order valence-corrected chi connectivity index (χ1v) is 9.45. The number of aromatic nitrogens is 1. The molecule has 25 heavy (non-hydrogen) atoms. The van der Waals surface area contributed by atoms with Gasteiger partial charge in [0.1, 0.15) is 0 Å². The van der Waals surface area contributed by atoms with E-state index in [2.05, 4.69) is 0 Å². The van der Waals surface area contributed by atoms with Crippen LogP contribution in [0.3, 0.4) is 0 Å². The van der Waals surface area contributed by atoms with Crippen LogP contribution in [-0.2, 0) is 10.0 Å². The molecule has 0 unspecified atom stereocenters. The molecule has 0 saturated heterocycles. The molecule has 5 heteroatoms. The molecule has 0 radical (unpaired) electrons. The quantitative estimate of drug-likeness (QED) is 0.559. The number of hydrogen-bond acceptors (Lipinski definition) is 3. The normalized spacial score (nSPS) is 11.9. The van der Waals surface area contributed by atoms with Gasteiger partial charge >= 0.3 is 0 Å². The minimum absolute atomic E-state index is 0.315. The van der Waals surface area contributed by atoms with E-state index in [1.807, 2.05) is 73.6 Å². The molecule has 4 aromatic rings. The van der Waals surface area contributed by atoms with Gasteiger partial charge in [-0.1, -0.05) is 42.5 Å². The molecular weight excluding hydrogens is 332 g/mol. The standard InChI is InChI=1S/C20H18N2O2S/c1-21(2)19-11-5-9-17-16(19)8-6-12-20(17)25(23,24)22-14-13-15-7-3-4-10-18(15)22/h3-14H,1-2H3. The van der Waals surface area contributed by atoms with Crippen molar-refractivity contribution in [2.24, 2.45) is 0 Å². The summed E-state index contributed by atoms with van der Waals surface area (Å²) in [5.41, 5.74) is 1.68. The van der Waals surface area contributed by atoms with E-state index in [1.54, 1.807) is 18.3 Å². The zero-order valence-corrected chi connectivity index (χ0v) is 14.9. The van der Waals surface area contributed by atoms with Gasteiger partial charge in [-0.2, -0.15) is 0 Å². The Balaban J connectivity index is 2.02. The van der Waals surface area contributed by atoms with E-state index in [0.29, 0.717) is 10.4 Å². The van der Waals surface area contributed by atoms with Crippen LogP contribution < -0.4 is 4.90 Å². The summed E-state index contributed by atoms with van der Waals surface area (Å²) in [6.07, 6.45) is 1.62. The second kappa shape index (κ2) is 5.63. The predicted octanol–water partition coefficient (Wildman–Crippen LogP) is 4.10. The highest BCUT2D eigenvalue weighted by molar-refractivity contribution is 7.90. The fraction of sp³-hybridized carbons (Fsp3) is 0.100. The van der Waals surface area contributed by atoms with Gasteiger partial charge in [0.05, 0.1) is 10.4 Å². The van der Waals surface area contributed by atoms with Crippen molar-refractivity contribution in [1.82, 2.24) is 3.97 Å². The summed E-state index contributed by atoms with van der Waals surface area (Å²) < 4.78 is 28.1. The van der Waals surface area contributed by atoms with E-state index in [4.69, 9.17) is 0 Å². The molecule has 0 bridgehead atoms. The van der Waals surface area contributed by atoms with E-state index in [1.165, 1.54) is 3.97 Å². The molecule has 1 heterocycles. The Hall–Kier alpha value is -2.79. The van der Waals surface area contributed by atoms with Crippen molar-refractivity contribution in [3.05, 3.63) is 72.9 Å². The molecule has 0 aliphatic heterocycles. The number of benzene rings is 3. The Kier molecular flexibility index (Phi) is 3.54. The Bertz CT molecular complexity index is 1190. The van der Waals surface area contributed by atoms with Crippen LogP contribution in [0.15, 0.2) is 77.8 Å². The topological polar surface area (TPSA) is 42.3 Å². The van der Waals surface area contributed by atoms with Crippen LogP contribution in [0.2, 0.25) is 0 Å². The number of anilines is 1. The molecule has 0 saturated carbocycles. The first-order valence-electron chi connectivity index (χ1n) is 8.01. The monoisotopic (exact) mass is 350 g/mol. The van der Waals surface area contributed by atoms with E-state index in [-0.39, 0.29) is 0 Å². The summed E-state index contributed by atoms with van der Waals surface area (Å²) in [4.78, 5) is 2.30. The van der Waals surface area contributed by atoms with Crippen molar-refractivity contribution >= 4 is 37.4 Å². The molecule has 4 nitrogen and oxygen atoms in total. The van der Waals surface area contributed by atoms with Crippen molar-refractivity contribution in [3.63, 3.8) is 0 Å². The number of nitrogens with zero attached hydrogens (tertiary/aromatic N) is 2. The average Bonchev–Trinajstić information content (AvgIpc) is 3.05. The van der Waals surface area contributed by atoms with Crippen molar-refractivity contribution in [2.75, 3.05) is 19.0 Å². The molecule has 3 aromatic carbocycles. The van der Waals surface area contributed by atoms with Gasteiger partial charge < -0.3 is 4.90 Å². The fourth-order valence-electron chi connectivity index (χ4n) is 3.25. The summed E-state index contributed by atoms with van der Waals surface area (Å²) in [5.74, 6) is 0. The summed E-state index contributed by atoms with van der Waals surface area (Å²) >= 11 is 0. The third-order valence-electron chi connectivity index (χ3n) is 4.44. The first kappa shape index (κ1) is 15.7. The zero-order chi connectivity index (χ0) is 17.6. The molecule has 0 amide bonds. The number of para-hydroxylation sites is 1. The highest BCUT2D eigenvalue weighted by Crippen LogP contribution is 2.32. The molecule has 126 valence electrons. The van der Waals surface area contributed by atoms with Gasteiger partial charge in [0.2, 0.25) is 0 Å². The second-order valence-corrected chi connectivity index (χ2v) is 7.98. The Morgan fingerprint density at radius 1 is 0.800 bits per heavy atom. The lowest BCUT2D eigenvalue weighted by atomic mass is 10.1. The van der Waals surface area contributed by atoms with Crippen molar-refractivity contribution in [1.29, 1.82) is 0 Å². The van der Waals surface area contributed by atoms with Crippen LogP contribution in [0, 0.1) is 0 Å². The molecule has 0 aliphatic rings. The van der Waals surface area contributed by atoms with Crippen molar-refractivity contribution < 1.29 is 8.42 Å². The summed E-state index contributed by atoms with van der Waals surface area (Å²) in [7, 11) is 0.214. The molecule has 4 rings (SSSR count). The number of rotatable bonds is 3. The van der Waals surface area contributed by atoms with Crippen LogP contribution >= 0.6 is 0 Å². The highest BCUT2D eigenvalue weighted by atomic mass is 32.2. The third-order valence-corrected chi connectivity index (χ3v) is 6.19. The molecule has 0 fully saturated rings. The minimum Gasteiger partial charge on any atom is -0.377 e. The van der Waals surface area contributed by atoms with Crippen LogP contribution in [-0.4, -0.2) is 26.5 Å². The van der Waals surface area contributed by atoms with E-state index in [9.17, 15) is 8.42 Å². The van der Waals surface area contributed by atoms with Gasteiger partial charge in [-0.15, -0.1) is 0 Å². The molecule has 0 atom stereocenters. The third kappa shape index (κ3) is 2.39. The Labute approximate surface area is 147 Å². The maximum Gasteiger partial charge on any atom is 0.268 e. The maximum atomic E-state index is 13.4. The van der Waals surface area contributed by atoms with E-state index >= 15 is 0 Å². The fourth-order valence-corrected chi connectivity index (χ4v) is 4.82. The van der Waals surface area contributed by atoms with Crippen LogP contribution in [0.4, 0.5) is 5.69 Å². The number of hydrogen-bond donors (Lipinski definition) is 0. The second-order valence-electron chi connectivity index (χ2n) is 6.20. The summed E-state index contributed by atoms with van der Waals surface area (Å²) in [6, 6.07) is 20.5. The van der Waals surface area contributed by atoms with Gasteiger partial charge in [0.25, 0.3) is 10.0 Å². The molecule has 0 N–H and O–H groups in total. The van der Waals surface area contributed by atoms with Gasteiger partial charge in [-0.25, -0.2) is 12.4 Å². The van der Waals surface area contributed by atoms with Crippen molar-refractivity contribution in [3.8, 4) is 0 Å². The zero-order valence-electron chi connectivity index (χ0n) is 14.0. The average molecular weight is 350 g/mol. The lowest BCUT2D eigenvalue weighted by Gasteiger charge is -2.17.